The summed E-state index contributed by atoms with van der Waals surface area (Å²) in [6, 6.07) is -1.06. The van der Waals surface area contributed by atoms with Crippen LogP contribution in [0.25, 0.3) is 0 Å². The highest BCUT2D eigenvalue weighted by molar-refractivity contribution is 5.87. The molecule has 5 atom stereocenters. The molecule has 14 nitrogen and oxygen atoms in total. The highest BCUT2D eigenvalue weighted by Gasteiger charge is 2.32. The molecule has 42 heavy (non-hydrogen) atoms. The number of carbonyl (C=O) groups excluding carboxylic acids is 4. The predicted octanol–water partition coefficient (Wildman–Crippen LogP) is -1.05. The lowest BCUT2D eigenvalue weighted by atomic mass is 10.1. The van der Waals surface area contributed by atoms with E-state index in [1.54, 1.807) is 0 Å². The number of aliphatic hydroxyl groups is 4. The summed E-state index contributed by atoms with van der Waals surface area (Å²) in [5, 5.41) is 41.9. The van der Waals surface area contributed by atoms with E-state index in [9.17, 15) is 39.6 Å². The molecule has 0 aromatic rings. The van der Waals surface area contributed by atoms with Crippen LogP contribution in [0.2, 0.25) is 0 Å². The molecule has 240 valence electrons. The maximum atomic E-state index is 13.7. The van der Waals surface area contributed by atoms with Gasteiger partial charge in [-0.25, -0.2) is 14.4 Å². The maximum Gasteiger partial charge on any atom is 0.333 e. The SMILES string of the molecule is C=C(C)C(=O)OCC(O)CN(CC(O)COC(=O)C(=C)C)C(=O)C(C)N(CC(O)COC)CC(O)COC(=O)C(=C)C. The van der Waals surface area contributed by atoms with Crippen molar-refractivity contribution in [3.8, 4) is 0 Å². The van der Waals surface area contributed by atoms with E-state index in [1.807, 2.05) is 0 Å². The zero-order chi connectivity index (χ0) is 32.6. The fourth-order valence-electron chi connectivity index (χ4n) is 3.40. The smallest absolute Gasteiger partial charge is 0.333 e. The summed E-state index contributed by atoms with van der Waals surface area (Å²) in [5.74, 6) is -2.85. The Morgan fingerprint density at radius 1 is 0.619 bits per heavy atom. The van der Waals surface area contributed by atoms with Crippen LogP contribution < -0.4 is 0 Å². The van der Waals surface area contributed by atoms with E-state index in [2.05, 4.69) is 19.7 Å². The summed E-state index contributed by atoms with van der Waals surface area (Å²) in [6.45, 7) is 13.5. The van der Waals surface area contributed by atoms with Gasteiger partial charge in [0.15, 0.2) is 0 Å². The number of ether oxygens (including phenoxy) is 4. The molecule has 0 spiro atoms. The van der Waals surface area contributed by atoms with Gasteiger partial charge >= 0.3 is 17.9 Å². The third-order valence-electron chi connectivity index (χ3n) is 5.59. The van der Waals surface area contributed by atoms with Gasteiger partial charge in [0.25, 0.3) is 0 Å². The van der Waals surface area contributed by atoms with Crippen molar-refractivity contribution in [1.29, 1.82) is 0 Å². The molecule has 5 unspecified atom stereocenters. The van der Waals surface area contributed by atoms with Crippen LogP contribution in [0.3, 0.4) is 0 Å². The summed E-state index contributed by atoms with van der Waals surface area (Å²) >= 11 is 0. The molecule has 0 fully saturated rings. The van der Waals surface area contributed by atoms with Gasteiger partial charge in [-0.2, -0.15) is 0 Å². The molecule has 0 aliphatic heterocycles. The van der Waals surface area contributed by atoms with Gasteiger partial charge < -0.3 is 44.3 Å². The van der Waals surface area contributed by atoms with E-state index >= 15 is 0 Å². The van der Waals surface area contributed by atoms with E-state index in [-0.39, 0.29) is 36.4 Å². The number of hydrogen-bond acceptors (Lipinski definition) is 13. The first-order valence-electron chi connectivity index (χ1n) is 13.2. The highest BCUT2D eigenvalue weighted by Crippen LogP contribution is 2.11. The van der Waals surface area contributed by atoms with Crippen molar-refractivity contribution in [3.05, 3.63) is 36.5 Å². The summed E-state index contributed by atoms with van der Waals surface area (Å²) in [7, 11) is 1.37. The van der Waals surface area contributed by atoms with E-state index < -0.39 is 87.2 Å². The first-order valence-corrected chi connectivity index (χ1v) is 13.2. The first kappa shape index (κ1) is 38.9. The van der Waals surface area contributed by atoms with E-state index in [1.165, 1.54) is 39.7 Å². The standard InChI is InChI=1S/C28H46N2O12/c1-17(2)26(36)40-14-22(32)10-29(9-21(31)13-39-8)20(7)25(35)30(11-23(33)15-41-27(37)18(3)4)12-24(34)16-42-28(38)19(5)6/h20-24,31-34H,1,3,5,9-16H2,2,4,6-8H3. The molecule has 0 aliphatic rings. The van der Waals surface area contributed by atoms with Crippen molar-refractivity contribution in [1.82, 2.24) is 9.80 Å². The topological polar surface area (TPSA) is 193 Å². The van der Waals surface area contributed by atoms with Gasteiger partial charge in [-0.15, -0.1) is 0 Å². The Hall–Kier alpha value is -3.14. The van der Waals surface area contributed by atoms with Gasteiger partial charge in [-0.3, -0.25) is 9.69 Å². The van der Waals surface area contributed by atoms with Crippen molar-refractivity contribution >= 4 is 23.8 Å². The number of methoxy groups -OCH3 is 1. The second kappa shape index (κ2) is 19.9. The van der Waals surface area contributed by atoms with Crippen LogP contribution in [0.15, 0.2) is 36.5 Å². The number of aliphatic hydroxyl groups excluding tert-OH is 4. The lowest BCUT2D eigenvalue weighted by Gasteiger charge is -2.36. The molecule has 0 heterocycles. The Labute approximate surface area is 246 Å². The zero-order valence-corrected chi connectivity index (χ0v) is 25.1. The van der Waals surface area contributed by atoms with Crippen LogP contribution in [-0.2, 0) is 38.1 Å². The zero-order valence-electron chi connectivity index (χ0n) is 25.1. The van der Waals surface area contributed by atoms with Gasteiger partial charge in [0.05, 0.1) is 31.8 Å². The molecule has 0 aromatic carbocycles. The van der Waals surface area contributed by atoms with Crippen molar-refractivity contribution in [3.63, 3.8) is 0 Å². The second-order valence-electron chi connectivity index (χ2n) is 10.1. The van der Waals surface area contributed by atoms with Crippen LogP contribution in [-0.4, -0.2) is 144 Å². The third kappa shape index (κ3) is 15.7. The molecule has 0 aliphatic carbocycles. The molecule has 0 saturated heterocycles. The maximum absolute atomic E-state index is 13.7. The first-order chi connectivity index (χ1) is 19.5. The molecule has 0 aromatic heterocycles. The summed E-state index contributed by atoms with van der Waals surface area (Å²) in [6.07, 6.45) is -5.06. The van der Waals surface area contributed by atoms with Gasteiger partial charge in [-0.1, -0.05) is 19.7 Å². The second-order valence-corrected chi connectivity index (χ2v) is 10.1. The number of hydrogen-bond donors (Lipinski definition) is 4. The minimum atomic E-state index is -1.37. The summed E-state index contributed by atoms with van der Waals surface area (Å²) < 4.78 is 19.8. The Balaban J connectivity index is 5.86. The lowest BCUT2D eigenvalue weighted by molar-refractivity contribution is -0.148. The average Bonchev–Trinajstić information content (AvgIpc) is 2.91. The van der Waals surface area contributed by atoms with E-state index in [4.69, 9.17) is 18.9 Å². The molecule has 0 saturated carbocycles. The minimum Gasteiger partial charge on any atom is -0.460 e. The van der Waals surface area contributed by atoms with Crippen LogP contribution in [0.4, 0.5) is 0 Å². The fraction of sp³-hybridized carbons (Fsp3) is 0.643. The van der Waals surface area contributed by atoms with Gasteiger partial charge in [-0.05, 0) is 27.7 Å². The summed E-state index contributed by atoms with van der Waals surface area (Å²) in [4.78, 5) is 51.3. The fourth-order valence-corrected chi connectivity index (χ4v) is 3.40. The van der Waals surface area contributed by atoms with Crippen molar-refractivity contribution in [2.24, 2.45) is 0 Å². The van der Waals surface area contributed by atoms with Crippen LogP contribution in [0, 0.1) is 0 Å². The number of rotatable bonds is 21. The average molecular weight is 603 g/mol. The molecule has 0 radical (unpaired) electrons. The Morgan fingerprint density at radius 3 is 1.24 bits per heavy atom. The van der Waals surface area contributed by atoms with Gasteiger partial charge in [0.1, 0.15) is 38.1 Å². The largest absolute Gasteiger partial charge is 0.460 e. The van der Waals surface area contributed by atoms with E-state index in [0.29, 0.717) is 0 Å². The summed E-state index contributed by atoms with van der Waals surface area (Å²) in [5.41, 5.74) is 0.348. The molecule has 4 N–H and O–H groups in total. The third-order valence-corrected chi connectivity index (χ3v) is 5.59. The monoisotopic (exact) mass is 602 g/mol. The molecule has 0 rings (SSSR count). The number of carbonyl (C=O) groups is 4. The molecular formula is C28H46N2O12. The molecule has 0 bridgehead atoms. The minimum absolute atomic E-state index is 0.0819. The van der Waals surface area contributed by atoms with Crippen molar-refractivity contribution < 1.29 is 58.6 Å². The number of nitrogens with zero attached hydrogens (tertiary/aromatic N) is 2. The van der Waals surface area contributed by atoms with Gasteiger partial charge in [0.2, 0.25) is 5.91 Å². The quantitative estimate of drug-likeness (QED) is 0.0708. The van der Waals surface area contributed by atoms with E-state index in [0.717, 1.165) is 4.90 Å². The van der Waals surface area contributed by atoms with Crippen LogP contribution in [0.5, 0.6) is 0 Å². The Kier molecular flexibility index (Phi) is 18.4. The Morgan fingerprint density at radius 2 is 0.929 bits per heavy atom. The number of esters is 3. The normalized spacial score (nSPS) is 14.6. The van der Waals surface area contributed by atoms with Gasteiger partial charge in [0, 0.05) is 36.9 Å². The van der Waals surface area contributed by atoms with Crippen molar-refractivity contribution in [2.45, 2.75) is 58.2 Å². The lowest BCUT2D eigenvalue weighted by Crippen LogP contribution is -2.55. The van der Waals surface area contributed by atoms with Crippen LogP contribution in [0.1, 0.15) is 27.7 Å². The molecular weight excluding hydrogens is 556 g/mol. The predicted molar refractivity (Wildman–Crippen MR) is 151 cm³/mol. The highest BCUT2D eigenvalue weighted by atomic mass is 16.6. The Bertz CT molecular complexity index is 915. The molecule has 1 amide bonds. The van der Waals surface area contributed by atoms with Crippen LogP contribution >= 0.6 is 0 Å². The molecule has 14 heteroatoms. The van der Waals surface area contributed by atoms with Crippen molar-refractivity contribution in [2.75, 3.05) is 59.7 Å². The number of amides is 1.